The van der Waals surface area contributed by atoms with Crippen molar-refractivity contribution in [3.63, 3.8) is 0 Å². The van der Waals surface area contributed by atoms with E-state index in [2.05, 4.69) is 215 Å². The van der Waals surface area contributed by atoms with Crippen LogP contribution in [0.5, 0.6) is 0 Å². The highest BCUT2D eigenvalue weighted by Gasteiger charge is 2.35. The number of allylic oxidation sites excluding steroid dienone is 4. The molecular formula is C57H38N4. The first kappa shape index (κ1) is 34.0. The van der Waals surface area contributed by atoms with Gasteiger partial charge in [-0.05, 0) is 88.9 Å². The first-order chi connectivity index (χ1) is 30.3. The molecule has 1 unspecified atom stereocenters. The summed E-state index contributed by atoms with van der Waals surface area (Å²) < 4.78 is 5.02. The second-order valence-corrected chi connectivity index (χ2v) is 16.3. The molecule has 1 atom stereocenters. The van der Waals surface area contributed by atoms with Crippen molar-refractivity contribution in [1.82, 2.24) is 14.1 Å². The summed E-state index contributed by atoms with van der Waals surface area (Å²) in [5.74, 6) is 0. The summed E-state index contributed by atoms with van der Waals surface area (Å²) in [7, 11) is 0. The first-order valence-electron chi connectivity index (χ1n) is 21.2. The van der Waals surface area contributed by atoms with Gasteiger partial charge in [-0.15, -0.1) is 0 Å². The van der Waals surface area contributed by atoms with Gasteiger partial charge in [-0.1, -0.05) is 152 Å². The molecule has 1 aliphatic carbocycles. The third kappa shape index (κ3) is 5.15. The fourth-order valence-corrected chi connectivity index (χ4v) is 10.3. The number of para-hydroxylation sites is 4. The van der Waals surface area contributed by atoms with E-state index in [1.807, 2.05) is 6.07 Å². The monoisotopic (exact) mass is 778 g/mol. The first-order valence-corrected chi connectivity index (χ1v) is 21.2. The Morgan fingerprint density at radius 2 is 1.18 bits per heavy atom. The summed E-state index contributed by atoms with van der Waals surface area (Å²) in [5.41, 5.74) is 19.0. The predicted octanol–water partition coefficient (Wildman–Crippen LogP) is 15.1. The third-order valence-electron chi connectivity index (χ3n) is 13.0. The van der Waals surface area contributed by atoms with E-state index in [1.165, 1.54) is 93.7 Å². The minimum Gasteiger partial charge on any atom is -0.355 e. The zero-order chi connectivity index (χ0) is 40.0. The highest BCUT2D eigenvalue weighted by atomic mass is 15.1. The summed E-state index contributed by atoms with van der Waals surface area (Å²) in [4.78, 5) is 5.43. The van der Waals surface area contributed by atoms with Crippen LogP contribution in [0.1, 0.15) is 18.0 Å². The van der Waals surface area contributed by atoms with Gasteiger partial charge in [0.2, 0.25) is 0 Å². The number of hydrogen-bond acceptors (Lipinski definition) is 2. The molecule has 11 aromatic rings. The maximum absolute atomic E-state index is 5.43. The average molecular weight is 779 g/mol. The summed E-state index contributed by atoms with van der Waals surface area (Å²) in [5, 5.41) is 9.88. The summed E-state index contributed by atoms with van der Waals surface area (Å²) in [6, 6.07) is 70.2. The van der Waals surface area contributed by atoms with Crippen LogP contribution in [0, 0.1) is 0 Å². The molecule has 61 heavy (non-hydrogen) atoms. The van der Waals surface area contributed by atoms with Gasteiger partial charge in [-0.25, -0.2) is 4.98 Å². The quantitative estimate of drug-likeness (QED) is 0.182. The molecule has 0 saturated carbocycles. The van der Waals surface area contributed by atoms with Gasteiger partial charge in [0.25, 0.3) is 0 Å². The van der Waals surface area contributed by atoms with Crippen LogP contribution in [0.2, 0.25) is 0 Å². The minimum atomic E-state index is 0.163. The van der Waals surface area contributed by atoms with Crippen LogP contribution in [-0.2, 0) is 0 Å². The molecule has 0 fully saturated rings. The van der Waals surface area contributed by atoms with Crippen molar-refractivity contribution in [3.05, 3.63) is 212 Å². The van der Waals surface area contributed by atoms with Crippen LogP contribution in [0.3, 0.4) is 0 Å². The van der Waals surface area contributed by atoms with Crippen molar-refractivity contribution in [3.8, 4) is 33.4 Å². The molecule has 1 aliphatic heterocycles. The number of nitrogens with zero attached hydrogens (tertiary/aromatic N) is 3. The van der Waals surface area contributed by atoms with E-state index >= 15 is 0 Å². The lowest BCUT2D eigenvalue weighted by molar-refractivity contribution is 0.679. The van der Waals surface area contributed by atoms with E-state index < -0.39 is 0 Å². The molecule has 4 heteroatoms. The van der Waals surface area contributed by atoms with Gasteiger partial charge in [0.05, 0.1) is 28.1 Å². The Labute approximate surface area is 353 Å². The predicted molar refractivity (Wildman–Crippen MR) is 256 cm³/mol. The summed E-state index contributed by atoms with van der Waals surface area (Å²) in [6.07, 6.45) is 5.77. The average Bonchev–Trinajstić information content (AvgIpc) is 3.96. The van der Waals surface area contributed by atoms with Crippen LogP contribution in [0.25, 0.3) is 99.3 Å². The number of nitrogens with one attached hydrogen (secondary N) is 1. The molecule has 0 saturated heterocycles. The summed E-state index contributed by atoms with van der Waals surface area (Å²) >= 11 is 0. The van der Waals surface area contributed by atoms with Crippen LogP contribution >= 0.6 is 0 Å². The normalized spacial score (nSPS) is 14.5. The van der Waals surface area contributed by atoms with Gasteiger partial charge < -0.3 is 14.5 Å². The lowest BCUT2D eigenvalue weighted by Gasteiger charge is -2.23. The number of anilines is 2. The maximum Gasteiger partial charge on any atom is 0.142 e. The summed E-state index contributed by atoms with van der Waals surface area (Å²) in [6.45, 7) is 0. The molecule has 0 bridgehead atoms. The number of benzene rings is 8. The molecule has 0 spiro atoms. The second-order valence-electron chi connectivity index (χ2n) is 16.3. The highest BCUT2D eigenvalue weighted by Crippen LogP contribution is 2.52. The van der Waals surface area contributed by atoms with E-state index in [0.29, 0.717) is 0 Å². The molecule has 2 aliphatic rings. The largest absolute Gasteiger partial charge is 0.355 e. The van der Waals surface area contributed by atoms with E-state index in [-0.39, 0.29) is 6.04 Å². The molecule has 286 valence electrons. The number of fused-ring (bicyclic) bond motifs is 10. The van der Waals surface area contributed by atoms with Gasteiger partial charge in [0.15, 0.2) is 0 Å². The zero-order valence-corrected chi connectivity index (χ0v) is 33.3. The minimum absolute atomic E-state index is 0.163. The van der Waals surface area contributed by atoms with E-state index in [0.717, 1.165) is 29.0 Å². The fraction of sp³-hybridized carbons (Fsp3) is 0.0351. The van der Waals surface area contributed by atoms with Gasteiger partial charge in [-0.2, -0.15) is 0 Å². The van der Waals surface area contributed by atoms with Crippen molar-refractivity contribution >= 4 is 77.3 Å². The maximum atomic E-state index is 5.43. The van der Waals surface area contributed by atoms with E-state index in [4.69, 9.17) is 4.98 Å². The van der Waals surface area contributed by atoms with Gasteiger partial charge in [0, 0.05) is 60.7 Å². The Hall–Kier alpha value is -7.95. The lowest BCUT2D eigenvalue weighted by atomic mass is 9.91. The number of aromatic nitrogens is 3. The van der Waals surface area contributed by atoms with Crippen LogP contribution in [-0.4, -0.2) is 14.1 Å². The Balaban J connectivity index is 0.945. The van der Waals surface area contributed by atoms with Gasteiger partial charge in [0.1, 0.15) is 5.65 Å². The molecule has 1 N–H and O–H groups in total. The third-order valence-corrected chi connectivity index (χ3v) is 13.0. The van der Waals surface area contributed by atoms with Gasteiger partial charge >= 0.3 is 0 Å². The Kier molecular flexibility index (Phi) is 7.40. The van der Waals surface area contributed by atoms with E-state index in [9.17, 15) is 0 Å². The molecule has 3 aromatic heterocycles. The number of pyridine rings is 1. The van der Waals surface area contributed by atoms with Crippen LogP contribution in [0.15, 0.2) is 206 Å². The standard InChI is InChI=1S/C57H38N4/c1-4-15-36(16-5-1)46-33-38(27-30-50(46)58-40-19-8-3-9-20-40)39-28-31-52-47(34-39)42-21-11-13-26-51(42)60(52)41-29-32-53-48(35-41)43-23-14-24-45-55-54(37-17-6-2-7-18-37)44-22-10-12-25-49(44)59-57(55)61(53)56(43)45/h1-31,33-35,53,58H,32H2. The van der Waals surface area contributed by atoms with Crippen molar-refractivity contribution in [2.45, 2.75) is 12.5 Å². The van der Waals surface area contributed by atoms with Crippen molar-refractivity contribution in [1.29, 1.82) is 0 Å². The Bertz CT molecular complexity index is 3630. The van der Waals surface area contributed by atoms with Crippen molar-refractivity contribution in [2.24, 2.45) is 0 Å². The van der Waals surface area contributed by atoms with Crippen molar-refractivity contribution < 1.29 is 0 Å². The Morgan fingerprint density at radius 1 is 0.508 bits per heavy atom. The highest BCUT2D eigenvalue weighted by molar-refractivity contribution is 6.23. The molecule has 0 radical (unpaired) electrons. The SMILES string of the molecule is C1=C2c3cccc4c5c(-c6ccccc6)c6ccccc6nc5n(c34)C2CC=C1n1c2ccccc2c2cc(-c3ccc(Nc4ccccc4)c(-c4ccccc4)c3)ccc21. The molecule has 8 aromatic carbocycles. The van der Waals surface area contributed by atoms with Crippen LogP contribution < -0.4 is 5.32 Å². The van der Waals surface area contributed by atoms with Gasteiger partial charge in [-0.3, -0.25) is 0 Å². The smallest absolute Gasteiger partial charge is 0.142 e. The molecular weight excluding hydrogens is 741 g/mol. The molecule has 4 heterocycles. The number of hydrogen-bond donors (Lipinski definition) is 1. The lowest BCUT2D eigenvalue weighted by Crippen LogP contribution is -2.10. The number of rotatable bonds is 6. The molecule has 4 nitrogen and oxygen atoms in total. The van der Waals surface area contributed by atoms with Crippen molar-refractivity contribution in [2.75, 3.05) is 5.32 Å². The Morgan fingerprint density at radius 3 is 2.02 bits per heavy atom. The van der Waals surface area contributed by atoms with Crippen LogP contribution in [0.4, 0.5) is 11.4 Å². The topological polar surface area (TPSA) is 34.8 Å². The fourth-order valence-electron chi connectivity index (χ4n) is 10.3. The molecule has 0 amide bonds. The van der Waals surface area contributed by atoms with E-state index in [1.54, 1.807) is 0 Å². The zero-order valence-electron chi connectivity index (χ0n) is 33.3. The second kappa shape index (κ2) is 13.3. The molecule has 13 rings (SSSR count).